The maximum atomic E-state index is 13.5. The third-order valence-electron chi connectivity index (χ3n) is 5.16. The van der Waals surface area contributed by atoms with E-state index in [1.165, 1.54) is 11.3 Å². The molecule has 2 heterocycles. The van der Waals surface area contributed by atoms with Crippen LogP contribution in [0.3, 0.4) is 0 Å². The van der Waals surface area contributed by atoms with Gasteiger partial charge in [0.25, 0.3) is 5.91 Å². The van der Waals surface area contributed by atoms with Gasteiger partial charge in [-0.2, -0.15) is 0 Å². The first-order chi connectivity index (χ1) is 16.1. The topological polar surface area (TPSA) is 64.8 Å². The number of carbonyl (C=O) groups excluding carboxylic acids is 1. The van der Waals surface area contributed by atoms with Crippen molar-refractivity contribution in [3.63, 3.8) is 0 Å². The van der Waals surface area contributed by atoms with Crippen molar-refractivity contribution in [3.8, 4) is 11.5 Å². The van der Waals surface area contributed by atoms with Crippen molar-refractivity contribution in [3.05, 3.63) is 71.1 Å². The van der Waals surface area contributed by atoms with Gasteiger partial charge in [0.15, 0.2) is 5.13 Å². The zero-order valence-electron chi connectivity index (χ0n) is 18.5. The van der Waals surface area contributed by atoms with Crippen molar-refractivity contribution in [2.45, 2.75) is 32.7 Å². The molecule has 33 heavy (non-hydrogen) atoms. The monoisotopic (exact) mass is 484 g/mol. The number of ether oxygens (including phenoxy) is 2. The summed E-state index contributed by atoms with van der Waals surface area (Å²) in [6.45, 7) is 3.06. The van der Waals surface area contributed by atoms with E-state index >= 15 is 0 Å². The highest BCUT2D eigenvalue weighted by molar-refractivity contribution is 7.23. The number of rotatable bonds is 10. The van der Waals surface area contributed by atoms with Crippen molar-refractivity contribution in [2.24, 2.45) is 0 Å². The fourth-order valence-corrected chi connectivity index (χ4v) is 4.65. The zero-order chi connectivity index (χ0) is 23.2. The fourth-order valence-electron chi connectivity index (χ4n) is 3.40. The quantitative estimate of drug-likeness (QED) is 0.227. The minimum atomic E-state index is -0.196. The summed E-state index contributed by atoms with van der Waals surface area (Å²) in [6.07, 6.45) is 4.87. The van der Waals surface area contributed by atoms with Gasteiger partial charge < -0.3 is 13.9 Å². The summed E-state index contributed by atoms with van der Waals surface area (Å²) in [5.74, 6) is 1.80. The van der Waals surface area contributed by atoms with Crippen molar-refractivity contribution in [1.82, 2.24) is 4.98 Å². The van der Waals surface area contributed by atoms with Crippen LogP contribution in [0.15, 0.2) is 59.2 Å². The number of fused-ring (bicyclic) bond motifs is 1. The molecule has 0 aliphatic heterocycles. The van der Waals surface area contributed by atoms with Crippen molar-refractivity contribution in [2.75, 3.05) is 18.6 Å². The van der Waals surface area contributed by atoms with Crippen LogP contribution >= 0.6 is 22.9 Å². The number of benzene rings is 2. The van der Waals surface area contributed by atoms with Gasteiger partial charge in [-0.1, -0.05) is 42.7 Å². The van der Waals surface area contributed by atoms with Crippen LogP contribution in [0, 0.1) is 0 Å². The molecule has 0 unspecified atom stereocenters. The number of amides is 1. The summed E-state index contributed by atoms with van der Waals surface area (Å²) in [5, 5.41) is 1.07. The molecule has 1 amide bonds. The molecule has 0 spiro atoms. The first kappa shape index (κ1) is 23.1. The van der Waals surface area contributed by atoms with Gasteiger partial charge in [-0.15, -0.1) is 0 Å². The zero-order valence-corrected chi connectivity index (χ0v) is 20.1. The predicted octanol–water partition coefficient (Wildman–Crippen LogP) is 6.97. The first-order valence-electron chi connectivity index (χ1n) is 10.8. The molecule has 0 fully saturated rings. The number of carbonyl (C=O) groups is 1. The van der Waals surface area contributed by atoms with E-state index in [-0.39, 0.29) is 12.5 Å². The summed E-state index contributed by atoms with van der Waals surface area (Å²) >= 11 is 7.74. The van der Waals surface area contributed by atoms with E-state index in [1.54, 1.807) is 48.6 Å². The van der Waals surface area contributed by atoms with Crippen LogP contribution in [0.4, 0.5) is 5.13 Å². The number of unbranched alkanes of at least 4 members (excludes halogenated alkanes) is 2. The highest BCUT2D eigenvalue weighted by Crippen LogP contribution is 2.39. The van der Waals surface area contributed by atoms with Gasteiger partial charge in [-0.25, -0.2) is 4.98 Å². The smallest absolute Gasteiger partial charge is 0.260 e. The van der Waals surface area contributed by atoms with Gasteiger partial charge in [-0.3, -0.25) is 9.69 Å². The normalized spacial score (nSPS) is 11.0. The van der Waals surface area contributed by atoms with E-state index in [0.717, 1.165) is 29.7 Å². The molecular weight excluding hydrogens is 460 g/mol. The number of methoxy groups -OCH3 is 1. The van der Waals surface area contributed by atoms with Crippen LogP contribution in [-0.2, 0) is 6.54 Å². The molecule has 0 aliphatic carbocycles. The highest BCUT2D eigenvalue weighted by Gasteiger charge is 2.24. The average Bonchev–Trinajstić information content (AvgIpc) is 3.51. The Balaban J connectivity index is 1.63. The molecule has 2 aromatic heterocycles. The Kier molecular flexibility index (Phi) is 7.52. The van der Waals surface area contributed by atoms with Gasteiger partial charge >= 0.3 is 0 Å². The van der Waals surface area contributed by atoms with Crippen molar-refractivity contribution < 1.29 is 18.7 Å². The Hall–Kier alpha value is -3.03. The van der Waals surface area contributed by atoms with Crippen LogP contribution in [-0.4, -0.2) is 24.6 Å². The van der Waals surface area contributed by atoms with E-state index in [0.29, 0.717) is 39.4 Å². The second kappa shape index (κ2) is 10.7. The molecule has 0 aliphatic rings. The van der Waals surface area contributed by atoms with E-state index in [2.05, 4.69) is 6.92 Å². The molecule has 0 saturated heterocycles. The van der Waals surface area contributed by atoms with Gasteiger partial charge in [-0.05, 0) is 55.0 Å². The SMILES string of the molecule is CCCCCOc1ccc(C(=O)N(Cc2ccco2)c2nc3c(OC)ccc(Cl)c3s2)cc1. The summed E-state index contributed by atoms with van der Waals surface area (Å²) < 4.78 is 17.5. The summed E-state index contributed by atoms with van der Waals surface area (Å²) in [5.41, 5.74) is 1.15. The van der Waals surface area contributed by atoms with Gasteiger partial charge in [0.05, 0.1) is 36.2 Å². The summed E-state index contributed by atoms with van der Waals surface area (Å²) in [4.78, 5) is 19.8. The number of hydrogen-bond donors (Lipinski definition) is 0. The molecule has 2 aromatic carbocycles. The summed E-state index contributed by atoms with van der Waals surface area (Å²) in [6, 6.07) is 14.3. The lowest BCUT2D eigenvalue weighted by Crippen LogP contribution is -2.30. The number of anilines is 1. The van der Waals surface area contributed by atoms with Crippen LogP contribution in [0.5, 0.6) is 11.5 Å². The third kappa shape index (κ3) is 5.31. The number of hydrogen-bond acceptors (Lipinski definition) is 6. The molecule has 0 saturated carbocycles. The van der Waals surface area contributed by atoms with E-state index in [9.17, 15) is 4.79 Å². The Morgan fingerprint density at radius 2 is 1.97 bits per heavy atom. The highest BCUT2D eigenvalue weighted by atomic mass is 35.5. The minimum absolute atomic E-state index is 0.196. The predicted molar refractivity (Wildman–Crippen MR) is 132 cm³/mol. The van der Waals surface area contributed by atoms with E-state index < -0.39 is 0 Å². The van der Waals surface area contributed by atoms with Crippen LogP contribution < -0.4 is 14.4 Å². The molecule has 0 radical (unpaired) electrons. The number of thiazole rings is 1. The Morgan fingerprint density at radius 3 is 2.67 bits per heavy atom. The van der Waals surface area contributed by atoms with Crippen molar-refractivity contribution >= 4 is 44.2 Å². The Morgan fingerprint density at radius 1 is 1.15 bits per heavy atom. The lowest BCUT2D eigenvalue weighted by atomic mass is 10.2. The second-order valence-corrected chi connectivity index (χ2v) is 8.86. The first-order valence-corrected chi connectivity index (χ1v) is 12.0. The number of aromatic nitrogens is 1. The Labute approximate surface area is 201 Å². The largest absolute Gasteiger partial charge is 0.494 e. The molecule has 8 heteroatoms. The molecule has 6 nitrogen and oxygen atoms in total. The lowest BCUT2D eigenvalue weighted by molar-refractivity contribution is 0.0983. The number of halogens is 1. The Bertz CT molecular complexity index is 1210. The molecule has 0 atom stereocenters. The lowest BCUT2D eigenvalue weighted by Gasteiger charge is -2.19. The molecule has 0 bridgehead atoms. The van der Waals surface area contributed by atoms with Gasteiger partial charge in [0.1, 0.15) is 22.8 Å². The molecular formula is C25H25ClN2O4S. The average molecular weight is 485 g/mol. The molecule has 172 valence electrons. The third-order valence-corrected chi connectivity index (χ3v) is 6.69. The molecule has 4 aromatic rings. The maximum Gasteiger partial charge on any atom is 0.260 e. The molecule has 0 N–H and O–H groups in total. The van der Waals surface area contributed by atoms with Crippen LogP contribution in [0.1, 0.15) is 42.3 Å². The van der Waals surface area contributed by atoms with Gasteiger partial charge in [0.2, 0.25) is 0 Å². The van der Waals surface area contributed by atoms with E-state index in [1.807, 2.05) is 18.2 Å². The van der Waals surface area contributed by atoms with E-state index in [4.69, 9.17) is 30.5 Å². The fraction of sp³-hybridized carbons (Fsp3) is 0.280. The van der Waals surface area contributed by atoms with Gasteiger partial charge in [0, 0.05) is 5.56 Å². The maximum absolute atomic E-state index is 13.5. The van der Waals surface area contributed by atoms with Crippen molar-refractivity contribution in [1.29, 1.82) is 0 Å². The molecule has 4 rings (SSSR count). The number of furan rings is 1. The van der Waals surface area contributed by atoms with Crippen LogP contribution in [0.25, 0.3) is 10.2 Å². The summed E-state index contributed by atoms with van der Waals surface area (Å²) in [7, 11) is 1.58. The second-order valence-electron chi connectivity index (χ2n) is 7.47. The number of nitrogens with zero attached hydrogens (tertiary/aromatic N) is 2. The minimum Gasteiger partial charge on any atom is -0.494 e. The van der Waals surface area contributed by atoms with Crippen LogP contribution in [0.2, 0.25) is 5.02 Å². The standard InChI is InChI=1S/C25H25ClN2O4S/c1-3-4-5-14-31-18-10-8-17(9-11-18)24(29)28(16-19-7-6-15-32-19)25-27-22-21(30-2)13-12-20(26)23(22)33-25/h6-13,15H,3-5,14,16H2,1-2H3.